The second kappa shape index (κ2) is 6.71. The van der Waals surface area contributed by atoms with Crippen molar-refractivity contribution in [3.63, 3.8) is 0 Å². The van der Waals surface area contributed by atoms with E-state index in [0.29, 0.717) is 6.04 Å². The van der Waals surface area contributed by atoms with Crippen LogP contribution in [0.4, 0.5) is 0 Å². The van der Waals surface area contributed by atoms with Crippen molar-refractivity contribution in [2.24, 2.45) is 11.8 Å². The average molecular weight is 343 g/mol. The first kappa shape index (κ1) is 15.9. The average Bonchev–Trinajstić information content (AvgIpc) is 3.25. The number of fused-ring (bicyclic) bond motifs is 2. The van der Waals surface area contributed by atoms with Crippen molar-refractivity contribution in [1.82, 2.24) is 15.1 Å². The molecule has 0 radical (unpaired) electrons. The molecule has 3 atom stereocenters. The van der Waals surface area contributed by atoms with Crippen molar-refractivity contribution in [1.29, 1.82) is 0 Å². The number of amides is 1. The minimum atomic E-state index is 0.127. The third-order valence-corrected chi connectivity index (χ3v) is 6.30. The lowest BCUT2D eigenvalue weighted by Gasteiger charge is -2.37. The molecule has 1 aromatic carbocycles. The second-order valence-corrected chi connectivity index (χ2v) is 7.76. The van der Waals surface area contributed by atoms with Crippen molar-refractivity contribution in [2.45, 2.75) is 31.7 Å². The van der Waals surface area contributed by atoms with Gasteiger partial charge in [0.1, 0.15) is 0 Å². The van der Waals surface area contributed by atoms with Crippen LogP contribution < -0.4 is 5.32 Å². The first-order valence-corrected chi connectivity index (χ1v) is 9.51. The van der Waals surface area contributed by atoms with E-state index in [1.54, 1.807) is 0 Å². The lowest BCUT2D eigenvalue weighted by molar-refractivity contribution is 0.0690. The third-order valence-electron chi connectivity index (χ3n) is 5.92. The molecule has 4 rings (SSSR count). The van der Waals surface area contributed by atoms with E-state index >= 15 is 0 Å². The molecule has 3 fully saturated rings. The van der Waals surface area contributed by atoms with Gasteiger partial charge in [0, 0.05) is 37.8 Å². The third kappa shape index (κ3) is 3.14. The molecule has 1 saturated heterocycles. The van der Waals surface area contributed by atoms with Crippen LogP contribution in [0.3, 0.4) is 0 Å². The van der Waals surface area contributed by atoms with Crippen LogP contribution in [0, 0.1) is 11.8 Å². The van der Waals surface area contributed by atoms with E-state index in [4.69, 9.17) is 12.2 Å². The Hall–Kier alpha value is -1.62. The lowest BCUT2D eigenvalue weighted by atomic mass is 9.95. The number of carbonyl (C=O) groups is 1. The lowest BCUT2D eigenvalue weighted by Crippen LogP contribution is -2.55. The number of piperazine rings is 1. The molecule has 0 spiro atoms. The van der Waals surface area contributed by atoms with E-state index in [2.05, 4.69) is 10.2 Å². The maximum absolute atomic E-state index is 12.5. The van der Waals surface area contributed by atoms with E-state index in [-0.39, 0.29) is 5.91 Å². The Kier molecular flexibility index (Phi) is 4.44. The number of hydrogen-bond acceptors (Lipinski definition) is 2. The maximum atomic E-state index is 12.5. The van der Waals surface area contributed by atoms with E-state index in [9.17, 15) is 4.79 Å². The zero-order chi connectivity index (χ0) is 16.5. The van der Waals surface area contributed by atoms with Gasteiger partial charge in [0.25, 0.3) is 5.91 Å². The molecule has 1 aliphatic heterocycles. The molecule has 1 amide bonds. The molecule has 3 aliphatic rings. The predicted octanol–water partition coefficient (Wildman–Crippen LogP) is 2.51. The molecule has 24 heavy (non-hydrogen) atoms. The first-order chi connectivity index (χ1) is 11.7. The monoisotopic (exact) mass is 343 g/mol. The molecule has 2 aliphatic carbocycles. The Morgan fingerprint density at radius 1 is 1.00 bits per heavy atom. The summed E-state index contributed by atoms with van der Waals surface area (Å²) < 4.78 is 0. The topological polar surface area (TPSA) is 35.6 Å². The van der Waals surface area contributed by atoms with Crippen LogP contribution in [0.5, 0.6) is 0 Å². The highest BCUT2D eigenvalue weighted by molar-refractivity contribution is 7.80. The van der Waals surface area contributed by atoms with Gasteiger partial charge >= 0.3 is 0 Å². The molecule has 1 N–H and O–H groups in total. The predicted molar refractivity (Wildman–Crippen MR) is 98.9 cm³/mol. The van der Waals surface area contributed by atoms with Gasteiger partial charge in [0.2, 0.25) is 0 Å². The maximum Gasteiger partial charge on any atom is 0.253 e. The van der Waals surface area contributed by atoms with Crippen molar-refractivity contribution in [3.8, 4) is 0 Å². The number of benzene rings is 1. The summed E-state index contributed by atoms with van der Waals surface area (Å²) in [5.41, 5.74) is 0.772. The van der Waals surface area contributed by atoms with E-state index in [0.717, 1.165) is 48.7 Å². The SMILES string of the molecule is O=C(c1ccccc1)N1CCN(C(=S)N[C@H]2C[C@@H]3CC[C@@H]2C3)CC1. The number of nitrogens with one attached hydrogen (secondary N) is 1. The molecule has 2 saturated carbocycles. The summed E-state index contributed by atoms with van der Waals surface area (Å²) in [4.78, 5) is 16.7. The van der Waals surface area contributed by atoms with Crippen LogP contribution in [0.15, 0.2) is 30.3 Å². The summed E-state index contributed by atoms with van der Waals surface area (Å²) in [6, 6.07) is 10.1. The van der Waals surface area contributed by atoms with Crippen molar-refractivity contribution in [2.75, 3.05) is 26.2 Å². The smallest absolute Gasteiger partial charge is 0.253 e. The zero-order valence-corrected chi connectivity index (χ0v) is 14.8. The number of thiocarbonyl (C=S) groups is 1. The van der Waals surface area contributed by atoms with Gasteiger partial charge in [-0.05, 0) is 55.4 Å². The largest absolute Gasteiger partial charge is 0.360 e. The van der Waals surface area contributed by atoms with E-state index in [1.165, 1.54) is 25.7 Å². The molecular formula is C19H25N3OS. The summed E-state index contributed by atoms with van der Waals surface area (Å²) in [6.07, 6.45) is 5.46. The fraction of sp³-hybridized carbons (Fsp3) is 0.579. The van der Waals surface area contributed by atoms with E-state index in [1.807, 2.05) is 35.2 Å². The van der Waals surface area contributed by atoms with Crippen molar-refractivity contribution in [3.05, 3.63) is 35.9 Å². The van der Waals surface area contributed by atoms with Gasteiger partial charge in [-0.25, -0.2) is 0 Å². The summed E-state index contributed by atoms with van der Waals surface area (Å²) >= 11 is 5.64. The summed E-state index contributed by atoms with van der Waals surface area (Å²) in [5, 5.41) is 4.50. The van der Waals surface area contributed by atoms with Crippen LogP contribution in [-0.2, 0) is 0 Å². The standard InChI is InChI=1S/C19H25N3OS/c23-18(15-4-2-1-3-5-15)21-8-10-22(11-9-21)19(24)20-17-13-14-6-7-16(17)12-14/h1-5,14,16-17H,6-13H2,(H,20,24)/t14-,16-,17+/m1/s1. The van der Waals surface area contributed by atoms with E-state index < -0.39 is 0 Å². The highest BCUT2D eigenvalue weighted by Crippen LogP contribution is 2.44. The number of nitrogens with zero attached hydrogens (tertiary/aromatic N) is 2. The molecule has 5 heteroatoms. The molecule has 2 bridgehead atoms. The zero-order valence-electron chi connectivity index (χ0n) is 14.0. The molecule has 0 unspecified atom stereocenters. The van der Waals surface area contributed by atoms with Gasteiger partial charge in [0.05, 0.1) is 0 Å². The number of carbonyl (C=O) groups excluding carboxylic acids is 1. The highest BCUT2D eigenvalue weighted by Gasteiger charge is 2.40. The molecule has 4 nitrogen and oxygen atoms in total. The van der Waals surface area contributed by atoms with Gasteiger partial charge in [0.15, 0.2) is 5.11 Å². The van der Waals surface area contributed by atoms with Gasteiger partial charge in [-0.15, -0.1) is 0 Å². The Labute approximate surface area is 149 Å². The Balaban J connectivity index is 1.28. The van der Waals surface area contributed by atoms with Gasteiger partial charge in [-0.1, -0.05) is 24.6 Å². The second-order valence-electron chi connectivity index (χ2n) is 7.38. The summed E-state index contributed by atoms with van der Waals surface area (Å²) in [5.74, 6) is 1.88. The Morgan fingerprint density at radius 3 is 2.33 bits per heavy atom. The van der Waals surface area contributed by atoms with Gasteiger partial charge in [-0.2, -0.15) is 0 Å². The number of hydrogen-bond donors (Lipinski definition) is 1. The molecule has 1 aromatic rings. The van der Waals surface area contributed by atoms with Gasteiger partial charge < -0.3 is 15.1 Å². The quantitative estimate of drug-likeness (QED) is 0.837. The van der Waals surface area contributed by atoms with Crippen LogP contribution in [0.1, 0.15) is 36.0 Å². The first-order valence-electron chi connectivity index (χ1n) is 9.10. The summed E-state index contributed by atoms with van der Waals surface area (Å²) in [6.45, 7) is 3.13. The normalized spacial score (nSPS) is 28.9. The van der Waals surface area contributed by atoms with Crippen LogP contribution in [0.25, 0.3) is 0 Å². The molecule has 128 valence electrons. The molecule has 0 aromatic heterocycles. The minimum absolute atomic E-state index is 0.127. The van der Waals surface area contributed by atoms with Crippen molar-refractivity contribution < 1.29 is 4.79 Å². The Bertz CT molecular complexity index is 612. The van der Waals surface area contributed by atoms with Crippen LogP contribution in [-0.4, -0.2) is 53.0 Å². The van der Waals surface area contributed by atoms with Crippen molar-refractivity contribution >= 4 is 23.2 Å². The van der Waals surface area contributed by atoms with Gasteiger partial charge in [-0.3, -0.25) is 4.79 Å². The summed E-state index contributed by atoms with van der Waals surface area (Å²) in [7, 11) is 0. The van der Waals surface area contributed by atoms with Crippen LogP contribution >= 0.6 is 12.2 Å². The number of rotatable bonds is 2. The Morgan fingerprint density at radius 2 is 1.71 bits per heavy atom. The van der Waals surface area contributed by atoms with Crippen LogP contribution in [0.2, 0.25) is 0 Å². The fourth-order valence-electron chi connectivity index (χ4n) is 4.55. The minimum Gasteiger partial charge on any atom is -0.360 e. The fourth-order valence-corrected chi connectivity index (χ4v) is 4.88. The molecular weight excluding hydrogens is 318 g/mol. The molecule has 1 heterocycles. The highest BCUT2D eigenvalue weighted by atomic mass is 32.1.